The fourth-order valence-corrected chi connectivity index (χ4v) is 2.52. The van der Waals surface area contributed by atoms with Gasteiger partial charge in [-0.1, -0.05) is 47.8 Å². The van der Waals surface area contributed by atoms with E-state index in [9.17, 15) is 0 Å². The van der Waals surface area contributed by atoms with E-state index in [1.54, 1.807) is 18.2 Å². The van der Waals surface area contributed by atoms with E-state index in [1.807, 2.05) is 18.2 Å². The molecule has 0 aromatic heterocycles. The van der Waals surface area contributed by atoms with Crippen LogP contribution in [0.1, 0.15) is 30.5 Å². The zero-order chi connectivity index (χ0) is 15.4. The molecule has 2 aromatic carbocycles. The summed E-state index contributed by atoms with van der Waals surface area (Å²) in [5.41, 5.74) is 2.33. The topological polar surface area (TPSA) is 35.8 Å². The van der Waals surface area contributed by atoms with Gasteiger partial charge in [-0.3, -0.25) is 0 Å². The number of nitrogens with one attached hydrogen (secondary N) is 1. The van der Waals surface area contributed by atoms with Crippen molar-refractivity contribution in [3.05, 3.63) is 62.6 Å². The van der Waals surface area contributed by atoms with Crippen molar-refractivity contribution >= 4 is 40.5 Å². The molecule has 0 spiro atoms. The highest BCUT2D eigenvalue weighted by atomic mass is 35.5. The average Bonchev–Trinajstić information content (AvgIpc) is 2.49. The highest BCUT2D eigenvalue weighted by molar-refractivity contribution is 6.42. The van der Waals surface area contributed by atoms with Crippen LogP contribution < -0.4 is 5.32 Å². The van der Waals surface area contributed by atoms with Crippen LogP contribution in [-0.4, -0.2) is 0 Å². The molecular formula is C16H13Cl3N2. The summed E-state index contributed by atoms with van der Waals surface area (Å²) in [5.74, 6) is 0. The van der Waals surface area contributed by atoms with Gasteiger partial charge in [0.05, 0.1) is 26.7 Å². The van der Waals surface area contributed by atoms with E-state index < -0.39 is 0 Å². The average molecular weight is 340 g/mol. The summed E-state index contributed by atoms with van der Waals surface area (Å²) < 4.78 is 0. The van der Waals surface area contributed by atoms with Crippen molar-refractivity contribution in [1.29, 1.82) is 5.26 Å². The fourth-order valence-electron chi connectivity index (χ4n) is 2.05. The van der Waals surface area contributed by atoms with Crippen molar-refractivity contribution < 1.29 is 0 Å². The van der Waals surface area contributed by atoms with Gasteiger partial charge in [0.2, 0.25) is 0 Å². The smallest absolute Gasteiger partial charge is 0.101 e. The molecule has 2 aromatic rings. The van der Waals surface area contributed by atoms with Crippen molar-refractivity contribution in [1.82, 2.24) is 0 Å². The molecule has 0 heterocycles. The minimum Gasteiger partial charge on any atom is -0.378 e. The van der Waals surface area contributed by atoms with Crippen LogP contribution >= 0.6 is 34.8 Å². The predicted molar refractivity (Wildman–Crippen MR) is 89.3 cm³/mol. The van der Waals surface area contributed by atoms with Crippen molar-refractivity contribution in [2.24, 2.45) is 0 Å². The third-order valence-electron chi connectivity index (χ3n) is 3.18. The maximum atomic E-state index is 9.02. The zero-order valence-corrected chi connectivity index (χ0v) is 13.6. The van der Waals surface area contributed by atoms with Crippen LogP contribution in [0, 0.1) is 11.3 Å². The molecule has 0 bridgehead atoms. The molecule has 21 heavy (non-hydrogen) atoms. The van der Waals surface area contributed by atoms with Crippen LogP contribution in [0.2, 0.25) is 15.1 Å². The number of rotatable bonds is 4. The Morgan fingerprint density at radius 1 is 1.05 bits per heavy atom. The molecule has 0 saturated heterocycles. The van der Waals surface area contributed by atoms with Gasteiger partial charge in [0, 0.05) is 5.69 Å². The number of hydrogen-bond acceptors (Lipinski definition) is 2. The predicted octanol–water partition coefficient (Wildman–Crippen LogP) is 6.08. The molecule has 1 N–H and O–H groups in total. The summed E-state index contributed by atoms with van der Waals surface area (Å²) in [6.07, 6.45) is 0.864. The molecule has 1 unspecified atom stereocenters. The zero-order valence-electron chi connectivity index (χ0n) is 11.3. The Bertz CT molecular complexity index is 692. The number of nitrogens with zero attached hydrogens (tertiary/aromatic N) is 1. The van der Waals surface area contributed by atoms with E-state index >= 15 is 0 Å². The lowest BCUT2D eigenvalue weighted by atomic mass is 10.0. The summed E-state index contributed by atoms with van der Waals surface area (Å²) >= 11 is 17.9. The van der Waals surface area contributed by atoms with E-state index in [1.165, 1.54) is 0 Å². The van der Waals surface area contributed by atoms with Crippen LogP contribution in [0.25, 0.3) is 0 Å². The van der Waals surface area contributed by atoms with Crippen molar-refractivity contribution in [3.8, 4) is 6.07 Å². The molecule has 2 nitrogen and oxygen atoms in total. The quantitative estimate of drug-likeness (QED) is 0.732. The van der Waals surface area contributed by atoms with E-state index in [0.29, 0.717) is 20.6 Å². The number of benzene rings is 2. The molecule has 1 atom stereocenters. The Labute approximate surface area is 139 Å². The molecule has 108 valence electrons. The first-order valence-corrected chi connectivity index (χ1v) is 7.59. The monoisotopic (exact) mass is 338 g/mol. The molecule has 0 amide bonds. The summed E-state index contributed by atoms with van der Waals surface area (Å²) in [5, 5.41) is 13.9. The summed E-state index contributed by atoms with van der Waals surface area (Å²) in [6, 6.07) is 13.0. The molecule has 0 aliphatic rings. The van der Waals surface area contributed by atoms with Crippen molar-refractivity contribution in [2.75, 3.05) is 5.32 Å². The fraction of sp³-hybridized carbons (Fsp3) is 0.188. The van der Waals surface area contributed by atoms with E-state index in [4.69, 9.17) is 40.1 Å². The highest BCUT2D eigenvalue weighted by Crippen LogP contribution is 2.30. The third-order valence-corrected chi connectivity index (χ3v) is 4.25. The van der Waals surface area contributed by atoms with Gasteiger partial charge in [-0.05, 0) is 42.3 Å². The molecule has 2 rings (SSSR count). The van der Waals surface area contributed by atoms with Crippen LogP contribution in [-0.2, 0) is 0 Å². The molecule has 0 aliphatic carbocycles. The number of halogens is 3. The highest BCUT2D eigenvalue weighted by Gasteiger charge is 2.12. The maximum Gasteiger partial charge on any atom is 0.101 e. The molecule has 0 aliphatic heterocycles. The van der Waals surface area contributed by atoms with Gasteiger partial charge in [0.15, 0.2) is 0 Å². The van der Waals surface area contributed by atoms with Crippen molar-refractivity contribution in [3.63, 3.8) is 0 Å². The second kappa shape index (κ2) is 7.04. The standard InChI is InChI=1S/C16H13Cl3N2/c1-2-16(10-3-5-14(18)15(19)8-10)21-12-4-6-13(17)11(7-12)9-20/h3-8,16,21H,2H2,1H3. The summed E-state index contributed by atoms with van der Waals surface area (Å²) in [7, 11) is 0. The van der Waals surface area contributed by atoms with Crippen LogP contribution in [0.5, 0.6) is 0 Å². The first-order chi connectivity index (χ1) is 10.0. The van der Waals surface area contributed by atoms with E-state index in [0.717, 1.165) is 17.7 Å². The minimum absolute atomic E-state index is 0.0764. The Hall–Kier alpha value is -1.40. The van der Waals surface area contributed by atoms with Gasteiger partial charge in [0.25, 0.3) is 0 Å². The lowest BCUT2D eigenvalue weighted by molar-refractivity contribution is 0.749. The third kappa shape index (κ3) is 3.83. The molecule has 0 saturated carbocycles. The second-order valence-electron chi connectivity index (χ2n) is 4.59. The number of anilines is 1. The van der Waals surface area contributed by atoms with Gasteiger partial charge in [-0.15, -0.1) is 0 Å². The Morgan fingerprint density at radius 3 is 2.38 bits per heavy atom. The van der Waals surface area contributed by atoms with Gasteiger partial charge in [0.1, 0.15) is 6.07 Å². The largest absolute Gasteiger partial charge is 0.378 e. The Balaban J connectivity index is 2.27. The van der Waals surface area contributed by atoms with Crippen LogP contribution in [0.4, 0.5) is 5.69 Å². The second-order valence-corrected chi connectivity index (χ2v) is 5.81. The molecular weight excluding hydrogens is 327 g/mol. The summed E-state index contributed by atoms with van der Waals surface area (Å²) in [4.78, 5) is 0. The first kappa shape index (κ1) is 16.0. The number of hydrogen-bond donors (Lipinski definition) is 1. The molecule has 0 radical (unpaired) electrons. The van der Waals surface area contributed by atoms with Gasteiger partial charge >= 0.3 is 0 Å². The van der Waals surface area contributed by atoms with Gasteiger partial charge in [-0.25, -0.2) is 0 Å². The van der Waals surface area contributed by atoms with E-state index in [2.05, 4.69) is 18.3 Å². The number of nitriles is 1. The van der Waals surface area contributed by atoms with Gasteiger partial charge < -0.3 is 5.32 Å². The van der Waals surface area contributed by atoms with Crippen molar-refractivity contribution in [2.45, 2.75) is 19.4 Å². The van der Waals surface area contributed by atoms with E-state index in [-0.39, 0.29) is 6.04 Å². The van der Waals surface area contributed by atoms with Crippen LogP contribution in [0.3, 0.4) is 0 Å². The summed E-state index contributed by atoms with van der Waals surface area (Å²) in [6.45, 7) is 2.07. The Morgan fingerprint density at radius 2 is 1.76 bits per heavy atom. The minimum atomic E-state index is 0.0764. The van der Waals surface area contributed by atoms with Crippen LogP contribution in [0.15, 0.2) is 36.4 Å². The lowest BCUT2D eigenvalue weighted by Crippen LogP contribution is -2.09. The molecule has 5 heteroatoms. The Kier molecular flexibility index (Phi) is 5.36. The maximum absolute atomic E-state index is 9.02. The lowest BCUT2D eigenvalue weighted by Gasteiger charge is -2.19. The normalized spacial score (nSPS) is 11.8. The SMILES string of the molecule is CCC(Nc1ccc(Cl)c(C#N)c1)c1ccc(Cl)c(Cl)c1. The molecule has 0 fully saturated rings. The van der Waals surface area contributed by atoms with Gasteiger partial charge in [-0.2, -0.15) is 5.26 Å². The first-order valence-electron chi connectivity index (χ1n) is 6.46.